The van der Waals surface area contributed by atoms with Crippen LogP contribution in [0.5, 0.6) is 0 Å². The van der Waals surface area contributed by atoms with Crippen LogP contribution < -0.4 is 5.19 Å². The number of hydrogen-bond acceptors (Lipinski definition) is 4. The van der Waals surface area contributed by atoms with Gasteiger partial charge in [-0.1, -0.05) is 149 Å². The monoisotopic (exact) mass is 943 g/mol. The zero-order valence-electron chi connectivity index (χ0n) is 35.7. The van der Waals surface area contributed by atoms with E-state index in [1.165, 1.54) is 21.9 Å². The van der Waals surface area contributed by atoms with Gasteiger partial charge in [0, 0.05) is 51.6 Å². The molecule has 4 nitrogen and oxygen atoms in total. The van der Waals surface area contributed by atoms with Crippen LogP contribution in [0.4, 0.5) is 0 Å². The van der Waals surface area contributed by atoms with Gasteiger partial charge in [0.2, 0.25) is 0 Å². The van der Waals surface area contributed by atoms with E-state index < -0.39 is 19.9 Å². The minimum atomic E-state index is -1.49. The van der Waals surface area contributed by atoms with Crippen LogP contribution in [0.15, 0.2) is 136 Å². The summed E-state index contributed by atoms with van der Waals surface area (Å²) in [5.74, 6) is 0.288. The molecule has 289 valence electrons. The Morgan fingerprint density at radius 1 is 0.684 bits per heavy atom. The Morgan fingerprint density at radius 2 is 1.35 bits per heavy atom. The molecule has 1 radical (unpaired) electrons. The fourth-order valence-electron chi connectivity index (χ4n) is 7.30. The largest absolute Gasteiger partial charge is 0.500 e. The van der Waals surface area contributed by atoms with E-state index in [2.05, 4.69) is 122 Å². The number of rotatable bonds is 6. The Bertz CT molecular complexity index is 2920. The first-order valence-corrected chi connectivity index (χ1v) is 22.8. The third-order valence-corrected chi connectivity index (χ3v) is 12.1. The van der Waals surface area contributed by atoms with Crippen LogP contribution in [0, 0.1) is 17.5 Å². The zero-order valence-corrected chi connectivity index (χ0v) is 37.1. The van der Waals surface area contributed by atoms with E-state index in [9.17, 15) is 0 Å². The van der Waals surface area contributed by atoms with E-state index in [0.717, 1.165) is 60.7 Å². The van der Waals surface area contributed by atoms with Crippen molar-refractivity contribution >= 4 is 57.1 Å². The molecule has 0 bridgehead atoms. The van der Waals surface area contributed by atoms with Gasteiger partial charge < -0.3 is 18.8 Å². The summed E-state index contributed by atoms with van der Waals surface area (Å²) in [5, 5.41) is 5.71. The topological polar surface area (TPSA) is 52.1 Å². The second-order valence-electron chi connectivity index (χ2n) is 16.9. The Hall–Kier alpha value is -5.13. The summed E-state index contributed by atoms with van der Waals surface area (Å²) in [7, 11) is -1.31. The van der Waals surface area contributed by atoms with Crippen LogP contribution >= 0.6 is 0 Å². The summed E-state index contributed by atoms with van der Waals surface area (Å²) in [6, 6.07) is 45.4. The molecule has 0 aliphatic rings. The van der Waals surface area contributed by atoms with Crippen LogP contribution in [-0.2, 0) is 26.5 Å². The maximum Gasteiger partial charge on any atom is 0.125 e. The van der Waals surface area contributed by atoms with Crippen molar-refractivity contribution in [1.29, 1.82) is 0 Å². The number of pyridine rings is 2. The average Bonchev–Trinajstić information content (AvgIpc) is 3.78. The molecule has 0 amide bonds. The minimum Gasteiger partial charge on any atom is -0.500 e. The number of furan rings is 2. The molecule has 57 heavy (non-hydrogen) atoms. The molecule has 9 rings (SSSR count). The summed E-state index contributed by atoms with van der Waals surface area (Å²) in [6.45, 7) is 17.1. The normalized spacial score (nSPS) is 12.7. The Balaban J connectivity index is 0.000000191. The quantitative estimate of drug-likeness (QED) is 0.123. The maximum atomic E-state index is 8.66. The zero-order chi connectivity index (χ0) is 41.0. The van der Waals surface area contributed by atoms with Crippen LogP contribution in [0.1, 0.15) is 54.4 Å². The first kappa shape index (κ1) is 37.4. The predicted octanol–water partition coefficient (Wildman–Crippen LogP) is 13.8. The van der Waals surface area contributed by atoms with Gasteiger partial charge in [0.15, 0.2) is 0 Å². The van der Waals surface area contributed by atoms with Crippen LogP contribution in [0.3, 0.4) is 0 Å². The molecular formula is C51H48IrN2O2Si-2. The van der Waals surface area contributed by atoms with Crippen molar-refractivity contribution in [2.45, 2.75) is 66.6 Å². The number of para-hydroxylation sites is 1. The van der Waals surface area contributed by atoms with E-state index in [1.54, 1.807) is 12.3 Å². The molecule has 9 aromatic rings. The van der Waals surface area contributed by atoms with Gasteiger partial charge in [0.1, 0.15) is 11.2 Å². The van der Waals surface area contributed by atoms with E-state index in [-0.39, 0.29) is 26.0 Å². The number of hydrogen-bond donors (Lipinski definition) is 0. The first-order chi connectivity index (χ1) is 27.6. The fraction of sp³-hybridized carbons (Fsp3) is 0.216. The number of fused-ring (bicyclic) bond motifs is 6. The summed E-state index contributed by atoms with van der Waals surface area (Å²) in [4.78, 5) is 9.21. The first-order valence-electron chi connectivity index (χ1n) is 20.3. The molecule has 0 N–H and O–H groups in total. The minimum absolute atomic E-state index is 0. The summed E-state index contributed by atoms with van der Waals surface area (Å²) >= 11 is 0. The maximum absolute atomic E-state index is 8.66. The third-order valence-electron chi connectivity index (χ3n) is 10.0. The molecule has 6 heteroatoms. The van der Waals surface area contributed by atoms with Crippen molar-refractivity contribution in [2.24, 2.45) is 5.41 Å². The Labute approximate surface area is 353 Å². The molecule has 0 aliphatic heterocycles. The average molecular weight is 943 g/mol. The van der Waals surface area contributed by atoms with Gasteiger partial charge in [-0.25, -0.2) is 0 Å². The molecule has 0 unspecified atom stereocenters. The number of aromatic nitrogens is 2. The molecular weight excluding hydrogens is 893 g/mol. The fourth-order valence-corrected chi connectivity index (χ4v) is 8.33. The van der Waals surface area contributed by atoms with Gasteiger partial charge in [0.25, 0.3) is 0 Å². The van der Waals surface area contributed by atoms with Crippen molar-refractivity contribution in [1.82, 2.24) is 9.97 Å². The van der Waals surface area contributed by atoms with E-state index >= 15 is 0 Å². The Morgan fingerprint density at radius 3 is 2.02 bits per heavy atom. The van der Waals surface area contributed by atoms with Gasteiger partial charge in [-0.05, 0) is 57.5 Å². The Kier molecular flexibility index (Phi) is 10.5. The standard InChI is InChI=1S/C31H30NO.C20H18NOSi.Ir/c1-20(2)29-24(22-9-7-6-8-10-22)12-13-25-26-18-23(11-14-28(26)33-30(25)29)27-17-21(15-16-32-27)19-31(3,4)5;1-23(2,3)15-9-10-18(21-13-15)14-8-11-20-17(12-14)16-6-4-5-7-19(16)22-20;/h6-10,12-18,20H,19H2,1-5H3;4-7,9-13H,1-3H3;/q2*-1;/i19D2;;. The molecule has 4 aromatic heterocycles. The van der Waals surface area contributed by atoms with Crippen molar-refractivity contribution in [3.05, 3.63) is 151 Å². The molecule has 0 spiro atoms. The van der Waals surface area contributed by atoms with Crippen LogP contribution in [0.2, 0.25) is 19.6 Å². The van der Waals surface area contributed by atoms with Gasteiger partial charge in [0.05, 0.1) is 19.2 Å². The number of nitrogens with zero attached hydrogens (tertiary/aromatic N) is 2. The smallest absolute Gasteiger partial charge is 0.125 e. The van der Waals surface area contributed by atoms with Crippen molar-refractivity contribution in [2.75, 3.05) is 0 Å². The van der Waals surface area contributed by atoms with Crippen molar-refractivity contribution in [3.8, 4) is 33.6 Å². The molecule has 4 heterocycles. The van der Waals surface area contributed by atoms with E-state index in [1.807, 2.05) is 69.4 Å². The molecule has 0 saturated heterocycles. The van der Waals surface area contributed by atoms with Crippen LogP contribution in [0.25, 0.3) is 77.5 Å². The van der Waals surface area contributed by atoms with Crippen molar-refractivity contribution < 1.29 is 31.7 Å². The molecule has 0 saturated carbocycles. The van der Waals surface area contributed by atoms with E-state index in [4.69, 9.17) is 11.6 Å². The van der Waals surface area contributed by atoms with Gasteiger partial charge in [-0.15, -0.1) is 47.5 Å². The number of benzene rings is 5. The second-order valence-corrected chi connectivity index (χ2v) is 21.9. The van der Waals surface area contributed by atoms with E-state index in [0.29, 0.717) is 11.3 Å². The van der Waals surface area contributed by atoms with Gasteiger partial charge >= 0.3 is 0 Å². The SMILES string of the molecule is C[Si](C)(C)c1ccc(-c2[c-]cc3oc4ccccc4c3c2)nc1.[2H]C([2H])(c1ccnc(-c2[c-]cc3oc4c(C(C)C)c(-c5ccccc5)ccc4c3c2)c1)C(C)(C)C.[Ir]. The summed E-state index contributed by atoms with van der Waals surface area (Å²) in [5.41, 5.74) is 10.6. The second kappa shape index (κ2) is 16.0. The van der Waals surface area contributed by atoms with Crippen molar-refractivity contribution in [3.63, 3.8) is 0 Å². The van der Waals surface area contributed by atoms with Crippen LogP contribution in [-0.4, -0.2) is 18.0 Å². The molecule has 5 aromatic carbocycles. The summed E-state index contributed by atoms with van der Waals surface area (Å²) in [6.07, 6.45) is 2.22. The summed E-state index contributed by atoms with van der Waals surface area (Å²) < 4.78 is 29.6. The van der Waals surface area contributed by atoms with Gasteiger partial charge in [-0.3, -0.25) is 0 Å². The third kappa shape index (κ3) is 8.45. The van der Waals surface area contributed by atoms with Gasteiger partial charge in [-0.2, -0.15) is 0 Å². The molecule has 0 atom stereocenters. The molecule has 0 fully saturated rings. The molecule has 0 aliphatic carbocycles. The predicted molar refractivity (Wildman–Crippen MR) is 237 cm³/mol.